The monoisotopic (exact) mass is 127 g/mol. The van der Waals surface area contributed by atoms with E-state index in [1.54, 1.807) is 5.92 Å². The van der Waals surface area contributed by atoms with Crippen molar-refractivity contribution in [1.82, 2.24) is 0 Å². The Hall–Kier alpha value is 0. The van der Waals surface area contributed by atoms with Gasteiger partial charge in [-0.15, -0.1) is 0 Å². The standard InChI is InChI=1S/C9H19/c1-5-7-9(6-2)8(3)4/h8H,5-7H2,1-4H3/q-1. The quantitative estimate of drug-likeness (QED) is 0.507. The highest BCUT2D eigenvalue weighted by atomic mass is 14.1. The maximum atomic E-state index is 2.29. The average molecular weight is 127 g/mol. The topological polar surface area (TPSA) is 0 Å². The van der Waals surface area contributed by atoms with Crippen molar-refractivity contribution in [1.29, 1.82) is 0 Å². The molecular formula is C9H19-. The van der Waals surface area contributed by atoms with Crippen LogP contribution in [0.1, 0.15) is 47.0 Å². The molecule has 0 rings (SSSR count). The molecule has 0 aliphatic heterocycles. The summed E-state index contributed by atoms with van der Waals surface area (Å²) >= 11 is 0. The van der Waals surface area contributed by atoms with E-state index in [0.29, 0.717) is 0 Å². The highest BCUT2D eigenvalue weighted by Gasteiger charge is 1.93. The fourth-order valence-corrected chi connectivity index (χ4v) is 1.19. The van der Waals surface area contributed by atoms with E-state index in [1.165, 1.54) is 19.3 Å². The van der Waals surface area contributed by atoms with E-state index >= 15 is 0 Å². The summed E-state index contributed by atoms with van der Waals surface area (Å²) < 4.78 is 0. The summed E-state index contributed by atoms with van der Waals surface area (Å²) in [5, 5.41) is 0. The lowest BCUT2D eigenvalue weighted by Crippen LogP contribution is -2.03. The second-order valence-electron chi connectivity index (χ2n) is 2.92. The van der Waals surface area contributed by atoms with Crippen molar-refractivity contribution in [2.75, 3.05) is 0 Å². The van der Waals surface area contributed by atoms with Gasteiger partial charge in [0.15, 0.2) is 0 Å². The largest absolute Gasteiger partial charge is 0.311 e. The van der Waals surface area contributed by atoms with Crippen LogP contribution in [0.15, 0.2) is 0 Å². The first-order chi connectivity index (χ1) is 4.22. The van der Waals surface area contributed by atoms with Crippen molar-refractivity contribution in [2.45, 2.75) is 47.0 Å². The fourth-order valence-electron chi connectivity index (χ4n) is 1.19. The minimum absolute atomic E-state index is 0.801. The molecular weight excluding hydrogens is 108 g/mol. The minimum Gasteiger partial charge on any atom is -0.311 e. The van der Waals surface area contributed by atoms with E-state index in [9.17, 15) is 0 Å². The highest BCUT2D eigenvalue weighted by Crippen LogP contribution is 2.22. The van der Waals surface area contributed by atoms with Gasteiger partial charge in [0.2, 0.25) is 0 Å². The zero-order chi connectivity index (χ0) is 7.28. The van der Waals surface area contributed by atoms with E-state index in [2.05, 4.69) is 27.7 Å². The summed E-state index contributed by atoms with van der Waals surface area (Å²) in [5.74, 6) is 2.52. The van der Waals surface area contributed by atoms with Crippen molar-refractivity contribution >= 4 is 0 Å². The summed E-state index contributed by atoms with van der Waals surface area (Å²) in [7, 11) is 0. The maximum Gasteiger partial charge on any atom is -0.0678 e. The van der Waals surface area contributed by atoms with Gasteiger partial charge in [-0.1, -0.05) is 34.1 Å². The van der Waals surface area contributed by atoms with Crippen molar-refractivity contribution < 1.29 is 0 Å². The van der Waals surface area contributed by atoms with Crippen LogP contribution in [-0.2, 0) is 0 Å². The molecule has 0 unspecified atom stereocenters. The smallest absolute Gasteiger partial charge is 0.0678 e. The van der Waals surface area contributed by atoms with Gasteiger partial charge in [0, 0.05) is 0 Å². The SMILES string of the molecule is CCC[C-](CC)C(C)C. The number of rotatable bonds is 4. The lowest BCUT2D eigenvalue weighted by Gasteiger charge is -2.32. The van der Waals surface area contributed by atoms with Crippen LogP contribution in [-0.4, -0.2) is 0 Å². The van der Waals surface area contributed by atoms with Gasteiger partial charge in [-0.05, 0) is 0 Å². The van der Waals surface area contributed by atoms with E-state index in [4.69, 9.17) is 0 Å². The molecule has 0 aromatic rings. The molecule has 0 atom stereocenters. The van der Waals surface area contributed by atoms with Crippen LogP contribution in [0.4, 0.5) is 0 Å². The Morgan fingerprint density at radius 2 is 1.78 bits per heavy atom. The van der Waals surface area contributed by atoms with Crippen LogP contribution in [0.3, 0.4) is 0 Å². The Labute approximate surface area is 59.7 Å². The Bertz CT molecular complexity index is 55.1. The Morgan fingerprint density at radius 3 is 1.89 bits per heavy atom. The molecule has 0 saturated carbocycles. The number of hydrogen-bond donors (Lipinski definition) is 0. The zero-order valence-corrected chi connectivity index (χ0v) is 7.20. The molecule has 0 nitrogen and oxygen atoms in total. The second kappa shape index (κ2) is 4.84. The summed E-state index contributed by atoms with van der Waals surface area (Å²) in [6, 6.07) is 0. The predicted octanol–water partition coefficient (Wildman–Crippen LogP) is 3.43. The second-order valence-corrected chi connectivity index (χ2v) is 2.92. The normalized spacial score (nSPS) is 11.3. The van der Waals surface area contributed by atoms with Crippen LogP contribution < -0.4 is 0 Å². The molecule has 0 aromatic carbocycles. The Balaban J connectivity index is 3.41. The van der Waals surface area contributed by atoms with E-state index in [0.717, 1.165) is 5.92 Å². The van der Waals surface area contributed by atoms with Gasteiger partial charge in [-0.3, -0.25) is 0 Å². The third kappa shape index (κ3) is 3.56. The molecule has 0 radical (unpaired) electrons. The maximum absolute atomic E-state index is 2.29. The van der Waals surface area contributed by atoms with Crippen molar-refractivity contribution in [3.8, 4) is 0 Å². The molecule has 0 heterocycles. The highest BCUT2D eigenvalue weighted by molar-refractivity contribution is 4.90. The predicted molar refractivity (Wildman–Crippen MR) is 43.3 cm³/mol. The van der Waals surface area contributed by atoms with E-state index < -0.39 is 0 Å². The van der Waals surface area contributed by atoms with Gasteiger partial charge < -0.3 is 5.92 Å². The molecule has 0 N–H and O–H groups in total. The van der Waals surface area contributed by atoms with Gasteiger partial charge in [-0.2, -0.15) is 18.8 Å². The lowest BCUT2D eigenvalue weighted by atomic mass is 9.89. The van der Waals surface area contributed by atoms with E-state index in [-0.39, 0.29) is 0 Å². The summed E-state index contributed by atoms with van der Waals surface area (Å²) in [6.45, 7) is 9.08. The van der Waals surface area contributed by atoms with E-state index in [1.807, 2.05) is 0 Å². The van der Waals surface area contributed by atoms with Crippen LogP contribution in [0.2, 0.25) is 0 Å². The molecule has 0 spiro atoms. The first kappa shape index (κ1) is 9.00. The van der Waals surface area contributed by atoms with Crippen molar-refractivity contribution in [3.05, 3.63) is 5.92 Å². The van der Waals surface area contributed by atoms with Gasteiger partial charge in [0.05, 0.1) is 0 Å². The molecule has 0 bridgehead atoms. The minimum atomic E-state index is 0.801. The van der Waals surface area contributed by atoms with Crippen molar-refractivity contribution in [3.63, 3.8) is 0 Å². The van der Waals surface area contributed by atoms with Gasteiger partial charge in [0.1, 0.15) is 0 Å². The van der Waals surface area contributed by atoms with Gasteiger partial charge in [-0.25, -0.2) is 0 Å². The Kier molecular flexibility index (Phi) is 4.84. The van der Waals surface area contributed by atoms with Crippen LogP contribution in [0.5, 0.6) is 0 Å². The third-order valence-corrected chi connectivity index (χ3v) is 1.84. The summed E-state index contributed by atoms with van der Waals surface area (Å²) in [5.41, 5.74) is 0. The first-order valence-electron chi connectivity index (χ1n) is 4.06. The molecule has 0 aliphatic rings. The molecule has 9 heavy (non-hydrogen) atoms. The Morgan fingerprint density at radius 1 is 1.22 bits per heavy atom. The molecule has 0 heteroatoms. The molecule has 0 saturated heterocycles. The van der Waals surface area contributed by atoms with Gasteiger partial charge >= 0.3 is 0 Å². The van der Waals surface area contributed by atoms with Gasteiger partial charge in [0.25, 0.3) is 0 Å². The number of hydrogen-bond acceptors (Lipinski definition) is 0. The molecule has 0 aliphatic carbocycles. The third-order valence-electron chi connectivity index (χ3n) is 1.84. The first-order valence-corrected chi connectivity index (χ1v) is 4.06. The molecule has 56 valence electrons. The summed E-state index contributed by atoms with van der Waals surface area (Å²) in [4.78, 5) is 0. The van der Waals surface area contributed by atoms with Crippen molar-refractivity contribution in [2.24, 2.45) is 5.92 Å². The summed E-state index contributed by atoms with van der Waals surface area (Å²) in [6.07, 6.45) is 3.90. The fraction of sp³-hybridized carbons (Fsp3) is 0.889. The zero-order valence-electron chi connectivity index (χ0n) is 7.20. The average Bonchev–Trinajstić information content (AvgIpc) is 1.82. The van der Waals surface area contributed by atoms with Crippen LogP contribution in [0, 0.1) is 11.8 Å². The lowest BCUT2D eigenvalue weighted by molar-refractivity contribution is 0.560. The molecule has 0 amide bonds. The molecule has 0 fully saturated rings. The van der Waals surface area contributed by atoms with Crippen LogP contribution >= 0.6 is 0 Å². The van der Waals surface area contributed by atoms with Crippen LogP contribution in [0.25, 0.3) is 0 Å². The molecule has 0 aromatic heterocycles.